The molecule has 1 unspecified atom stereocenters. The zero-order valence-electron chi connectivity index (χ0n) is 11.4. The maximum atomic E-state index is 10.2. The minimum atomic E-state index is -0.428. The van der Waals surface area contributed by atoms with E-state index in [2.05, 4.69) is 27.4 Å². The molecule has 2 aliphatic carbocycles. The van der Waals surface area contributed by atoms with Crippen molar-refractivity contribution in [2.75, 3.05) is 6.61 Å². The van der Waals surface area contributed by atoms with Crippen LogP contribution in [0.4, 0.5) is 0 Å². The van der Waals surface area contributed by atoms with E-state index in [0.717, 1.165) is 18.4 Å². The normalized spacial score (nSPS) is 45.5. The van der Waals surface area contributed by atoms with Crippen LogP contribution < -0.4 is 0 Å². The number of fused-ring (bicyclic) bond motifs is 1. The molecular weight excluding hydrogens is 212 g/mol. The van der Waals surface area contributed by atoms with Crippen LogP contribution in [0.25, 0.3) is 0 Å². The fourth-order valence-electron chi connectivity index (χ4n) is 4.53. The van der Waals surface area contributed by atoms with Crippen molar-refractivity contribution < 1.29 is 10.2 Å². The van der Waals surface area contributed by atoms with Crippen molar-refractivity contribution in [1.29, 1.82) is 0 Å². The van der Waals surface area contributed by atoms with Crippen LogP contribution in [0.1, 0.15) is 46.5 Å². The van der Waals surface area contributed by atoms with Gasteiger partial charge in [0.2, 0.25) is 0 Å². The van der Waals surface area contributed by atoms with E-state index in [4.69, 9.17) is 0 Å². The molecule has 0 aromatic rings. The maximum absolute atomic E-state index is 10.2. The standard InChI is InChI=1S/C15H26O2/c1-10-11(9-16)15(4)7-5-6-14(2,3)13(15)8-12(10)17/h11-13,16-17H,1,5-9H2,2-4H3/t11-,12-,13?,15+/m0/s1. The second kappa shape index (κ2) is 4.10. The van der Waals surface area contributed by atoms with Crippen LogP contribution in [0.2, 0.25) is 0 Å². The number of hydrogen-bond acceptors (Lipinski definition) is 2. The first-order valence-electron chi connectivity index (χ1n) is 6.80. The van der Waals surface area contributed by atoms with Crippen LogP contribution in [0.3, 0.4) is 0 Å². The lowest BCUT2D eigenvalue weighted by molar-refractivity contribution is -0.0927. The summed E-state index contributed by atoms with van der Waals surface area (Å²) in [4.78, 5) is 0. The van der Waals surface area contributed by atoms with Gasteiger partial charge in [0.15, 0.2) is 0 Å². The minimum Gasteiger partial charge on any atom is -0.396 e. The van der Waals surface area contributed by atoms with Gasteiger partial charge in [-0.05, 0) is 41.6 Å². The van der Waals surface area contributed by atoms with Crippen LogP contribution in [0.15, 0.2) is 12.2 Å². The van der Waals surface area contributed by atoms with Gasteiger partial charge >= 0.3 is 0 Å². The van der Waals surface area contributed by atoms with E-state index in [-0.39, 0.29) is 23.4 Å². The Morgan fingerprint density at radius 3 is 2.53 bits per heavy atom. The molecule has 2 saturated carbocycles. The summed E-state index contributed by atoms with van der Waals surface area (Å²) in [5.41, 5.74) is 1.23. The molecular formula is C15H26O2. The van der Waals surface area contributed by atoms with E-state index in [0.29, 0.717) is 5.92 Å². The Balaban J connectivity index is 2.39. The summed E-state index contributed by atoms with van der Waals surface area (Å²) < 4.78 is 0. The lowest BCUT2D eigenvalue weighted by Gasteiger charge is -2.58. The summed E-state index contributed by atoms with van der Waals surface area (Å²) in [6.45, 7) is 11.1. The summed E-state index contributed by atoms with van der Waals surface area (Å²) >= 11 is 0. The van der Waals surface area contributed by atoms with Gasteiger partial charge in [0, 0.05) is 5.92 Å². The first kappa shape index (κ1) is 13.1. The topological polar surface area (TPSA) is 40.5 Å². The quantitative estimate of drug-likeness (QED) is 0.690. The SMILES string of the molecule is C=C1[C@@H](O)CC2C(C)(C)CCC[C@]2(C)[C@H]1CO. The van der Waals surface area contributed by atoms with Gasteiger partial charge in [-0.1, -0.05) is 33.8 Å². The van der Waals surface area contributed by atoms with E-state index in [1.54, 1.807) is 0 Å². The molecule has 2 fully saturated rings. The van der Waals surface area contributed by atoms with Crippen molar-refractivity contribution in [1.82, 2.24) is 0 Å². The molecule has 2 aliphatic rings. The van der Waals surface area contributed by atoms with Crippen molar-refractivity contribution in [3.63, 3.8) is 0 Å². The number of aliphatic hydroxyl groups excluding tert-OH is 2. The molecule has 2 nitrogen and oxygen atoms in total. The second-order valence-electron chi connectivity index (χ2n) is 6.96. The van der Waals surface area contributed by atoms with Gasteiger partial charge in [0.1, 0.15) is 0 Å². The molecule has 0 aromatic heterocycles. The second-order valence-corrected chi connectivity index (χ2v) is 6.96. The van der Waals surface area contributed by atoms with Crippen LogP contribution in [-0.4, -0.2) is 22.9 Å². The fraction of sp³-hybridized carbons (Fsp3) is 0.867. The van der Waals surface area contributed by atoms with Crippen LogP contribution in [0.5, 0.6) is 0 Å². The fourth-order valence-corrected chi connectivity index (χ4v) is 4.53. The Labute approximate surface area is 105 Å². The van der Waals surface area contributed by atoms with Crippen molar-refractivity contribution in [2.45, 2.75) is 52.6 Å². The zero-order chi connectivity index (χ0) is 12.8. The molecule has 0 heterocycles. The summed E-state index contributed by atoms with van der Waals surface area (Å²) in [7, 11) is 0. The smallest absolute Gasteiger partial charge is 0.0754 e. The van der Waals surface area contributed by atoms with E-state index >= 15 is 0 Å². The highest BCUT2D eigenvalue weighted by Crippen LogP contribution is 2.60. The van der Waals surface area contributed by atoms with Crippen molar-refractivity contribution in [3.8, 4) is 0 Å². The van der Waals surface area contributed by atoms with E-state index in [1.165, 1.54) is 12.8 Å². The molecule has 17 heavy (non-hydrogen) atoms. The van der Waals surface area contributed by atoms with Crippen LogP contribution in [-0.2, 0) is 0 Å². The lowest BCUT2D eigenvalue weighted by atomic mass is 9.47. The molecule has 0 aromatic carbocycles. The van der Waals surface area contributed by atoms with Crippen LogP contribution in [0, 0.1) is 22.7 Å². The number of aliphatic hydroxyl groups is 2. The van der Waals surface area contributed by atoms with Gasteiger partial charge in [0.05, 0.1) is 12.7 Å². The summed E-state index contributed by atoms with van der Waals surface area (Å²) in [6.07, 6.45) is 3.99. The first-order chi connectivity index (χ1) is 7.83. The van der Waals surface area contributed by atoms with Gasteiger partial charge in [-0.3, -0.25) is 0 Å². The molecule has 0 spiro atoms. The van der Waals surface area contributed by atoms with E-state index in [9.17, 15) is 10.2 Å². The monoisotopic (exact) mass is 238 g/mol. The average molecular weight is 238 g/mol. The Morgan fingerprint density at radius 1 is 1.29 bits per heavy atom. The van der Waals surface area contributed by atoms with Gasteiger partial charge in [-0.2, -0.15) is 0 Å². The summed E-state index contributed by atoms with van der Waals surface area (Å²) in [5, 5.41) is 19.8. The Kier molecular flexibility index (Phi) is 3.16. The Hall–Kier alpha value is -0.340. The molecule has 2 rings (SSSR count). The van der Waals surface area contributed by atoms with Gasteiger partial charge in [-0.15, -0.1) is 0 Å². The highest BCUT2D eigenvalue weighted by molar-refractivity contribution is 5.19. The molecule has 98 valence electrons. The van der Waals surface area contributed by atoms with Crippen molar-refractivity contribution in [2.24, 2.45) is 22.7 Å². The minimum absolute atomic E-state index is 0.0656. The Bertz CT molecular complexity index is 321. The molecule has 2 heteroatoms. The maximum Gasteiger partial charge on any atom is 0.0754 e. The highest BCUT2D eigenvalue weighted by atomic mass is 16.3. The summed E-state index contributed by atoms with van der Waals surface area (Å²) in [5.74, 6) is 0.553. The van der Waals surface area contributed by atoms with Gasteiger partial charge in [-0.25, -0.2) is 0 Å². The molecule has 0 saturated heterocycles. The lowest BCUT2D eigenvalue weighted by Crippen LogP contribution is -2.53. The number of hydrogen-bond donors (Lipinski definition) is 2. The molecule has 0 aliphatic heterocycles. The molecule has 0 bridgehead atoms. The third-order valence-electron chi connectivity index (χ3n) is 5.59. The van der Waals surface area contributed by atoms with E-state index < -0.39 is 6.10 Å². The predicted molar refractivity (Wildman–Crippen MR) is 69.6 cm³/mol. The third-order valence-corrected chi connectivity index (χ3v) is 5.59. The molecule has 0 amide bonds. The van der Waals surface area contributed by atoms with E-state index in [1.807, 2.05) is 0 Å². The van der Waals surface area contributed by atoms with Crippen molar-refractivity contribution >= 4 is 0 Å². The molecule has 4 atom stereocenters. The van der Waals surface area contributed by atoms with Crippen LogP contribution >= 0.6 is 0 Å². The first-order valence-corrected chi connectivity index (χ1v) is 6.80. The largest absolute Gasteiger partial charge is 0.396 e. The molecule has 2 N–H and O–H groups in total. The third kappa shape index (κ3) is 1.86. The summed E-state index contributed by atoms with van der Waals surface area (Å²) in [6, 6.07) is 0. The van der Waals surface area contributed by atoms with Gasteiger partial charge in [0.25, 0.3) is 0 Å². The Morgan fingerprint density at radius 2 is 1.94 bits per heavy atom. The van der Waals surface area contributed by atoms with Gasteiger partial charge < -0.3 is 10.2 Å². The molecule has 0 radical (unpaired) electrons. The highest BCUT2D eigenvalue weighted by Gasteiger charge is 2.54. The van der Waals surface area contributed by atoms with Crippen molar-refractivity contribution in [3.05, 3.63) is 12.2 Å². The number of rotatable bonds is 1. The average Bonchev–Trinajstić information content (AvgIpc) is 2.22. The predicted octanol–water partition coefficient (Wildman–Crippen LogP) is 2.75. The zero-order valence-corrected chi connectivity index (χ0v) is 11.4.